The Balaban J connectivity index is 1.46. The summed E-state index contributed by atoms with van der Waals surface area (Å²) in [4.78, 5) is 18.8. The molecule has 0 N–H and O–H groups in total. The van der Waals surface area contributed by atoms with Gasteiger partial charge >= 0.3 is 0 Å². The Morgan fingerprint density at radius 3 is 2.96 bits per heavy atom. The van der Waals surface area contributed by atoms with Crippen LogP contribution in [0.15, 0.2) is 41.1 Å². The van der Waals surface area contributed by atoms with Crippen molar-refractivity contribution >= 4 is 16.8 Å². The lowest BCUT2D eigenvalue weighted by molar-refractivity contribution is -0.132. The van der Waals surface area contributed by atoms with Gasteiger partial charge in [0.2, 0.25) is 11.8 Å². The number of hydrogen-bond donors (Lipinski definition) is 0. The molecule has 124 valence electrons. The Labute approximate surface area is 140 Å². The van der Waals surface area contributed by atoms with Gasteiger partial charge in [0.15, 0.2) is 5.82 Å². The van der Waals surface area contributed by atoms with Gasteiger partial charge in [-0.3, -0.25) is 4.79 Å². The number of rotatable bonds is 6. The van der Waals surface area contributed by atoms with Crippen LogP contribution in [0, 0.1) is 0 Å². The largest absolute Gasteiger partial charge is 0.339 e. The predicted molar refractivity (Wildman–Crippen MR) is 89.3 cm³/mol. The molecule has 2 aromatic heterocycles. The summed E-state index contributed by atoms with van der Waals surface area (Å²) >= 11 is 0. The fraction of sp³-hybridized carbons (Fsp3) is 0.389. The van der Waals surface area contributed by atoms with E-state index in [9.17, 15) is 4.79 Å². The molecule has 0 saturated heterocycles. The molecule has 3 aromatic rings. The first-order chi connectivity index (χ1) is 11.7. The van der Waals surface area contributed by atoms with Crippen molar-refractivity contribution in [2.24, 2.45) is 0 Å². The maximum absolute atomic E-state index is 12.7. The van der Waals surface area contributed by atoms with E-state index >= 15 is 0 Å². The highest BCUT2D eigenvalue weighted by atomic mass is 16.5. The number of fused-ring (bicyclic) bond motifs is 1. The van der Waals surface area contributed by atoms with Crippen LogP contribution in [0.2, 0.25) is 0 Å². The zero-order valence-corrected chi connectivity index (χ0v) is 13.7. The molecule has 1 saturated carbocycles. The maximum Gasteiger partial charge on any atom is 0.242 e. The van der Waals surface area contributed by atoms with Crippen LogP contribution in [-0.4, -0.2) is 32.1 Å². The average molecular weight is 324 g/mol. The fourth-order valence-corrected chi connectivity index (χ4v) is 2.90. The summed E-state index contributed by atoms with van der Waals surface area (Å²) in [5, 5.41) is 5.15. The lowest BCUT2D eigenvalue weighted by atomic mass is 10.2. The first kappa shape index (κ1) is 14.9. The topological polar surface area (TPSA) is 64.2 Å². The number of carbonyl (C=O) groups excluding carboxylic acids is 1. The molecule has 1 aliphatic carbocycles. The van der Waals surface area contributed by atoms with E-state index in [2.05, 4.69) is 10.1 Å². The van der Waals surface area contributed by atoms with Crippen molar-refractivity contribution in [3.05, 3.63) is 48.2 Å². The molecule has 0 aliphatic heterocycles. The van der Waals surface area contributed by atoms with Crippen LogP contribution in [0.1, 0.15) is 37.4 Å². The third kappa shape index (κ3) is 2.91. The van der Waals surface area contributed by atoms with Gasteiger partial charge in [0, 0.05) is 24.2 Å². The molecule has 1 amide bonds. The van der Waals surface area contributed by atoms with Crippen LogP contribution in [-0.2, 0) is 17.9 Å². The van der Waals surface area contributed by atoms with Gasteiger partial charge in [0.05, 0.1) is 6.54 Å². The standard InChI is InChI=1S/C18H20N4O2/c1-2-21(11-16-19-18(24-20-16)14-7-8-14)17(23)12-22-10-9-13-5-3-4-6-15(13)22/h3-6,9-10,14H,2,7-8,11-12H2,1H3. The highest BCUT2D eigenvalue weighted by Crippen LogP contribution is 2.38. The third-order valence-electron chi connectivity index (χ3n) is 4.46. The Kier molecular flexibility index (Phi) is 3.80. The minimum absolute atomic E-state index is 0.0524. The van der Waals surface area contributed by atoms with Gasteiger partial charge in [0.1, 0.15) is 6.54 Å². The van der Waals surface area contributed by atoms with E-state index in [1.165, 1.54) is 0 Å². The SMILES string of the molecule is CCN(Cc1noc(C2CC2)n1)C(=O)Cn1ccc2ccccc21. The van der Waals surface area contributed by atoms with Gasteiger partial charge in [-0.1, -0.05) is 23.4 Å². The summed E-state index contributed by atoms with van der Waals surface area (Å²) in [5.41, 5.74) is 1.07. The van der Waals surface area contributed by atoms with Crippen LogP contribution in [0.25, 0.3) is 10.9 Å². The van der Waals surface area contributed by atoms with Gasteiger partial charge in [-0.15, -0.1) is 0 Å². The van der Waals surface area contributed by atoms with Crippen molar-refractivity contribution < 1.29 is 9.32 Å². The van der Waals surface area contributed by atoms with Crippen molar-refractivity contribution in [3.8, 4) is 0 Å². The molecule has 1 aliphatic rings. The monoisotopic (exact) mass is 324 g/mol. The van der Waals surface area contributed by atoms with Gasteiger partial charge in [-0.2, -0.15) is 4.98 Å². The second-order valence-corrected chi connectivity index (χ2v) is 6.23. The van der Waals surface area contributed by atoms with Crippen molar-refractivity contribution in [3.63, 3.8) is 0 Å². The molecule has 4 rings (SSSR count). The lowest BCUT2D eigenvalue weighted by Gasteiger charge is -2.19. The van der Waals surface area contributed by atoms with E-state index in [0.717, 1.165) is 23.7 Å². The number of carbonyl (C=O) groups is 1. The quantitative estimate of drug-likeness (QED) is 0.699. The number of likely N-dealkylation sites (N-methyl/N-ethyl adjacent to an activating group) is 1. The number of benzene rings is 1. The fourth-order valence-electron chi connectivity index (χ4n) is 2.90. The summed E-state index contributed by atoms with van der Waals surface area (Å²) in [7, 11) is 0. The Morgan fingerprint density at radius 2 is 2.17 bits per heavy atom. The van der Waals surface area contributed by atoms with E-state index in [-0.39, 0.29) is 5.91 Å². The first-order valence-corrected chi connectivity index (χ1v) is 8.38. The summed E-state index contributed by atoms with van der Waals surface area (Å²) in [5.74, 6) is 1.79. The van der Waals surface area contributed by atoms with Crippen LogP contribution in [0.4, 0.5) is 0 Å². The molecule has 1 fully saturated rings. The van der Waals surface area contributed by atoms with Crippen LogP contribution in [0.5, 0.6) is 0 Å². The Bertz CT molecular complexity index is 863. The molecule has 2 heterocycles. The maximum atomic E-state index is 12.7. The predicted octanol–water partition coefficient (Wildman–Crippen LogP) is 2.95. The summed E-state index contributed by atoms with van der Waals surface area (Å²) in [6, 6.07) is 10.1. The van der Waals surface area contributed by atoms with Crippen molar-refractivity contribution in [2.75, 3.05) is 6.54 Å². The highest BCUT2D eigenvalue weighted by molar-refractivity contribution is 5.83. The highest BCUT2D eigenvalue weighted by Gasteiger charge is 2.30. The summed E-state index contributed by atoms with van der Waals surface area (Å²) in [6.45, 7) is 3.29. The number of hydrogen-bond acceptors (Lipinski definition) is 4. The molecule has 6 nitrogen and oxygen atoms in total. The molecular formula is C18H20N4O2. The minimum atomic E-state index is 0.0524. The number of amides is 1. The molecule has 6 heteroatoms. The van der Waals surface area contributed by atoms with Crippen molar-refractivity contribution in [1.82, 2.24) is 19.6 Å². The Morgan fingerprint density at radius 1 is 1.33 bits per heavy atom. The van der Waals surface area contributed by atoms with Crippen LogP contribution < -0.4 is 0 Å². The number of para-hydroxylation sites is 1. The van der Waals surface area contributed by atoms with Gasteiger partial charge in [0.25, 0.3) is 0 Å². The van der Waals surface area contributed by atoms with E-state index in [0.29, 0.717) is 37.3 Å². The summed E-state index contributed by atoms with van der Waals surface area (Å²) in [6.07, 6.45) is 4.20. The second kappa shape index (κ2) is 6.11. The minimum Gasteiger partial charge on any atom is -0.339 e. The molecule has 0 unspecified atom stereocenters. The molecule has 0 spiro atoms. The average Bonchev–Trinajstić information content (AvgIpc) is 3.22. The molecule has 24 heavy (non-hydrogen) atoms. The molecule has 0 bridgehead atoms. The van der Waals surface area contributed by atoms with Crippen molar-refractivity contribution in [2.45, 2.75) is 38.8 Å². The zero-order chi connectivity index (χ0) is 16.5. The summed E-state index contributed by atoms with van der Waals surface area (Å²) < 4.78 is 7.25. The smallest absolute Gasteiger partial charge is 0.242 e. The normalized spacial score (nSPS) is 14.2. The van der Waals surface area contributed by atoms with E-state index in [1.54, 1.807) is 4.90 Å². The number of nitrogens with zero attached hydrogens (tertiary/aromatic N) is 4. The first-order valence-electron chi connectivity index (χ1n) is 8.38. The van der Waals surface area contributed by atoms with E-state index < -0.39 is 0 Å². The second-order valence-electron chi connectivity index (χ2n) is 6.23. The Hall–Kier alpha value is -2.63. The van der Waals surface area contributed by atoms with Gasteiger partial charge in [-0.05, 0) is 37.3 Å². The molecular weight excluding hydrogens is 304 g/mol. The third-order valence-corrected chi connectivity index (χ3v) is 4.46. The van der Waals surface area contributed by atoms with Crippen LogP contribution in [0.3, 0.4) is 0 Å². The molecule has 0 radical (unpaired) electrons. The van der Waals surface area contributed by atoms with Gasteiger partial charge in [-0.25, -0.2) is 0 Å². The lowest BCUT2D eigenvalue weighted by Crippen LogP contribution is -2.33. The van der Waals surface area contributed by atoms with Gasteiger partial charge < -0.3 is 14.0 Å². The zero-order valence-electron chi connectivity index (χ0n) is 13.7. The van der Waals surface area contributed by atoms with E-state index in [1.807, 2.05) is 48.0 Å². The van der Waals surface area contributed by atoms with Crippen LogP contribution >= 0.6 is 0 Å². The molecule has 0 atom stereocenters. The van der Waals surface area contributed by atoms with E-state index in [4.69, 9.17) is 4.52 Å². The molecule has 1 aromatic carbocycles. The van der Waals surface area contributed by atoms with Crippen molar-refractivity contribution in [1.29, 1.82) is 0 Å². The number of aromatic nitrogens is 3.